The second-order valence-corrected chi connectivity index (χ2v) is 4.48. The zero-order valence-corrected chi connectivity index (χ0v) is 9.33. The Morgan fingerprint density at radius 1 is 1.57 bits per heavy atom. The van der Waals surface area contributed by atoms with Crippen molar-refractivity contribution in [3.63, 3.8) is 0 Å². The van der Waals surface area contributed by atoms with Gasteiger partial charge in [0, 0.05) is 38.6 Å². The summed E-state index contributed by atoms with van der Waals surface area (Å²) in [5, 5.41) is 3.42. The molecule has 1 fully saturated rings. The summed E-state index contributed by atoms with van der Waals surface area (Å²) in [5.74, 6) is 0.735. The lowest BCUT2D eigenvalue weighted by Crippen LogP contribution is -2.51. The molecular formula is C11H22N2O. The van der Waals surface area contributed by atoms with E-state index < -0.39 is 0 Å². The lowest BCUT2D eigenvalue weighted by atomic mass is 10.0. The van der Waals surface area contributed by atoms with E-state index in [0.717, 1.165) is 38.4 Å². The molecule has 1 N–H and O–H groups in total. The van der Waals surface area contributed by atoms with Gasteiger partial charge in [0.2, 0.25) is 0 Å². The number of aldehydes is 1. The van der Waals surface area contributed by atoms with Crippen molar-refractivity contribution in [1.82, 2.24) is 10.2 Å². The second-order valence-electron chi connectivity index (χ2n) is 4.48. The van der Waals surface area contributed by atoms with Crippen LogP contribution in [-0.4, -0.2) is 43.4 Å². The fraction of sp³-hybridized carbons (Fsp3) is 0.909. The van der Waals surface area contributed by atoms with Crippen LogP contribution in [0.15, 0.2) is 0 Å². The van der Waals surface area contributed by atoms with Crippen LogP contribution in [-0.2, 0) is 4.79 Å². The van der Waals surface area contributed by atoms with Crippen molar-refractivity contribution in [1.29, 1.82) is 0 Å². The standard InChI is InChI=1S/C11H22N2O/c1-10(2)8-11-9-12-4-6-13(11)5-3-7-14/h7,10-12H,3-6,8-9H2,1-2H3. The van der Waals surface area contributed by atoms with Gasteiger partial charge in [0.15, 0.2) is 0 Å². The molecule has 1 unspecified atom stereocenters. The SMILES string of the molecule is CC(C)CC1CNCCN1CCC=O. The quantitative estimate of drug-likeness (QED) is 0.666. The highest BCUT2D eigenvalue weighted by atomic mass is 16.1. The maximum absolute atomic E-state index is 10.3. The molecule has 0 aromatic heterocycles. The fourth-order valence-electron chi connectivity index (χ4n) is 2.09. The van der Waals surface area contributed by atoms with E-state index in [1.165, 1.54) is 6.42 Å². The first-order valence-corrected chi connectivity index (χ1v) is 5.62. The monoisotopic (exact) mass is 198 g/mol. The lowest BCUT2D eigenvalue weighted by molar-refractivity contribution is -0.108. The molecule has 1 saturated heterocycles. The van der Waals surface area contributed by atoms with Crippen molar-refractivity contribution in [3.8, 4) is 0 Å². The largest absolute Gasteiger partial charge is 0.314 e. The Balaban J connectivity index is 2.37. The van der Waals surface area contributed by atoms with Gasteiger partial charge in [0.05, 0.1) is 0 Å². The highest BCUT2D eigenvalue weighted by Crippen LogP contribution is 2.13. The van der Waals surface area contributed by atoms with Crippen molar-refractivity contribution >= 4 is 6.29 Å². The van der Waals surface area contributed by atoms with Crippen LogP contribution in [0.5, 0.6) is 0 Å². The highest BCUT2D eigenvalue weighted by Gasteiger charge is 2.21. The van der Waals surface area contributed by atoms with Gasteiger partial charge in [-0.2, -0.15) is 0 Å². The van der Waals surface area contributed by atoms with E-state index in [4.69, 9.17) is 0 Å². The van der Waals surface area contributed by atoms with Gasteiger partial charge in [-0.1, -0.05) is 13.8 Å². The van der Waals surface area contributed by atoms with Crippen LogP contribution >= 0.6 is 0 Å². The summed E-state index contributed by atoms with van der Waals surface area (Å²) in [7, 11) is 0. The first-order valence-electron chi connectivity index (χ1n) is 5.62. The number of carbonyl (C=O) groups is 1. The van der Waals surface area contributed by atoms with Gasteiger partial charge in [0.25, 0.3) is 0 Å². The minimum absolute atomic E-state index is 0.628. The van der Waals surface area contributed by atoms with Crippen LogP contribution in [0, 0.1) is 5.92 Å². The van der Waals surface area contributed by atoms with Crippen LogP contribution in [0.25, 0.3) is 0 Å². The van der Waals surface area contributed by atoms with Gasteiger partial charge >= 0.3 is 0 Å². The molecule has 0 amide bonds. The molecule has 0 bridgehead atoms. The number of hydrogen-bond donors (Lipinski definition) is 1. The third kappa shape index (κ3) is 3.76. The number of nitrogens with zero attached hydrogens (tertiary/aromatic N) is 1. The van der Waals surface area contributed by atoms with Crippen molar-refractivity contribution in [3.05, 3.63) is 0 Å². The van der Waals surface area contributed by atoms with Crippen LogP contribution in [0.1, 0.15) is 26.7 Å². The lowest BCUT2D eigenvalue weighted by Gasteiger charge is -2.36. The maximum atomic E-state index is 10.3. The molecule has 82 valence electrons. The highest BCUT2D eigenvalue weighted by molar-refractivity contribution is 5.49. The van der Waals surface area contributed by atoms with E-state index in [2.05, 4.69) is 24.1 Å². The second kappa shape index (κ2) is 6.14. The van der Waals surface area contributed by atoms with Gasteiger partial charge in [-0.25, -0.2) is 0 Å². The van der Waals surface area contributed by atoms with E-state index in [1.54, 1.807) is 0 Å². The minimum Gasteiger partial charge on any atom is -0.314 e. The molecule has 0 radical (unpaired) electrons. The molecule has 0 aromatic carbocycles. The Morgan fingerprint density at radius 2 is 2.36 bits per heavy atom. The van der Waals surface area contributed by atoms with Crippen LogP contribution < -0.4 is 5.32 Å². The fourth-order valence-corrected chi connectivity index (χ4v) is 2.09. The molecule has 14 heavy (non-hydrogen) atoms. The van der Waals surface area contributed by atoms with E-state index in [0.29, 0.717) is 12.5 Å². The molecule has 0 aromatic rings. The molecule has 0 spiro atoms. The Kier molecular flexibility index (Phi) is 5.12. The van der Waals surface area contributed by atoms with Crippen molar-refractivity contribution in [2.24, 2.45) is 5.92 Å². The summed E-state index contributed by atoms with van der Waals surface area (Å²) in [4.78, 5) is 12.8. The third-order valence-electron chi connectivity index (χ3n) is 2.75. The molecular weight excluding hydrogens is 176 g/mol. The molecule has 0 aliphatic carbocycles. The first kappa shape index (κ1) is 11.7. The predicted molar refractivity (Wildman–Crippen MR) is 58.4 cm³/mol. The molecule has 1 atom stereocenters. The number of carbonyl (C=O) groups excluding carboxylic acids is 1. The summed E-state index contributed by atoms with van der Waals surface area (Å²) in [6.45, 7) is 8.68. The summed E-state index contributed by atoms with van der Waals surface area (Å²) in [6, 6.07) is 0.628. The van der Waals surface area contributed by atoms with E-state index in [-0.39, 0.29) is 0 Å². The molecule has 0 saturated carbocycles. The molecule has 3 heteroatoms. The zero-order chi connectivity index (χ0) is 10.4. The van der Waals surface area contributed by atoms with Crippen LogP contribution in [0.3, 0.4) is 0 Å². The summed E-state index contributed by atoms with van der Waals surface area (Å²) in [6.07, 6.45) is 2.93. The molecule has 3 nitrogen and oxygen atoms in total. The minimum atomic E-state index is 0.628. The van der Waals surface area contributed by atoms with E-state index in [9.17, 15) is 4.79 Å². The third-order valence-corrected chi connectivity index (χ3v) is 2.75. The Labute approximate surface area is 86.9 Å². The van der Waals surface area contributed by atoms with Crippen molar-refractivity contribution in [2.75, 3.05) is 26.2 Å². The van der Waals surface area contributed by atoms with Gasteiger partial charge < -0.3 is 10.1 Å². The van der Waals surface area contributed by atoms with Gasteiger partial charge in [-0.05, 0) is 12.3 Å². The average Bonchev–Trinajstić information content (AvgIpc) is 2.16. The number of hydrogen-bond acceptors (Lipinski definition) is 3. The molecule has 1 heterocycles. The average molecular weight is 198 g/mol. The Hall–Kier alpha value is -0.410. The maximum Gasteiger partial charge on any atom is 0.121 e. The van der Waals surface area contributed by atoms with Crippen molar-refractivity contribution in [2.45, 2.75) is 32.7 Å². The van der Waals surface area contributed by atoms with E-state index in [1.807, 2.05) is 0 Å². The summed E-state index contributed by atoms with van der Waals surface area (Å²) >= 11 is 0. The molecule has 1 aliphatic rings. The van der Waals surface area contributed by atoms with Crippen LogP contribution in [0.4, 0.5) is 0 Å². The number of nitrogens with one attached hydrogen (secondary N) is 1. The molecule has 1 aliphatic heterocycles. The summed E-state index contributed by atoms with van der Waals surface area (Å²) < 4.78 is 0. The van der Waals surface area contributed by atoms with E-state index >= 15 is 0 Å². The van der Waals surface area contributed by atoms with Gasteiger partial charge in [-0.3, -0.25) is 4.90 Å². The normalized spacial score (nSPS) is 24.1. The van der Waals surface area contributed by atoms with Crippen LogP contribution in [0.2, 0.25) is 0 Å². The predicted octanol–water partition coefficient (Wildman–Crippen LogP) is 0.895. The van der Waals surface area contributed by atoms with Gasteiger partial charge in [-0.15, -0.1) is 0 Å². The Bertz CT molecular complexity index is 171. The van der Waals surface area contributed by atoms with Gasteiger partial charge in [0.1, 0.15) is 6.29 Å². The first-order chi connectivity index (χ1) is 6.74. The smallest absolute Gasteiger partial charge is 0.121 e. The zero-order valence-electron chi connectivity index (χ0n) is 9.33. The summed E-state index contributed by atoms with van der Waals surface area (Å²) in [5.41, 5.74) is 0. The van der Waals surface area contributed by atoms with Crippen molar-refractivity contribution < 1.29 is 4.79 Å². The molecule has 1 rings (SSSR count). The number of piperazine rings is 1. The topological polar surface area (TPSA) is 32.3 Å². The number of rotatable bonds is 5. The Morgan fingerprint density at radius 3 is 3.00 bits per heavy atom.